The van der Waals surface area contributed by atoms with Crippen LogP contribution in [0.3, 0.4) is 0 Å². The van der Waals surface area contributed by atoms with E-state index in [4.69, 9.17) is 11.6 Å². The topological polar surface area (TPSA) is 135 Å². The summed E-state index contributed by atoms with van der Waals surface area (Å²) in [7, 11) is 0. The molecule has 1 saturated carbocycles. The monoisotopic (exact) mass is 594 g/mol. The van der Waals surface area contributed by atoms with Crippen LogP contribution in [-0.4, -0.2) is 56.9 Å². The molecule has 2 aliphatic rings. The summed E-state index contributed by atoms with van der Waals surface area (Å²) < 4.78 is 2.95. The number of alkyl halides is 1. The van der Waals surface area contributed by atoms with Crippen molar-refractivity contribution in [3.63, 3.8) is 0 Å². The lowest BCUT2D eigenvalue weighted by Gasteiger charge is -2.33. The number of aromatic nitrogens is 2. The van der Waals surface area contributed by atoms with Crippen molar-refractivity contribution in [2.75, 3.05) is 29.6 Å². The number of anilines is 2. The molecule has 12 heteroatoms. The Morgan fingerprint density at radius 3 is 2.48 bits per heavy atom. The van der Waals surface area contributed by atoms with E-state index in [1.165, 1.54) is 4.57 Å². The van der Waals surface area contributed by atoms with Gasteiger partial charge in [0.1, 0.15) is 5.88 Å². The molecule has 11 nitrogen and oxygen atoms in total. The Kier molecular flexibility index (Phi) is 8.67. The molecule has 0 bridgehead atoms. The van der Waals surface area contributed by atoms with Crippen LogP contribution in [0.25, 0.3) is 10.9 Å². The lowest BCUT2D eigenvalue weighted by atomic mass is 10.1. The van der Waals surface area contributed by atoms with Crippen molar-refractivity contribution in [3.8, 4) is 0 Å². The van der Waals surface area contributed by atoms with Crippen LogP contribution in [0, 0.1) is 5.92 Å². The van der Waals surface area contributed by atoms with E-state index in [0.717, 1.165) is 12.8 Å². The van der Waals surface area contributed by atoms with E-state index in [-0.39, 0.29) is 47.1 Å². The SMILES string of the molecule is CC(C)n1c(=O)n(CC2CC2)c(=O)c2cc(NC(=O)N3CCC[C@@H](NC(=O)c4cccc(NC(=O)CCl)c4)C3)ccc21. The van der Waals surface area contributed by atoms with Crippen molar-refractivity contribution in [2.45, 2.75) is 58.2 Å². The Balaban J connectivity index is 1.28. The van der Waals surface area contributed by atoms with Gasteiger partial charge in [-0.05, 0) is 81.8 Å². The van der Waals surface area contributed by atoms with Crippen molar-refractivity contribution in [1.82, 2.24) is 19.4 Å². The first-order valence-corrected chi connectivity index (χ1v) is 14.8. The number of nitrogens with zero attached hydrogens (tertiary/aromatic N) is 3. The molecule has 1 aliphatic heterocycles. The molecule has 2 heterocycles. The maximum Gasteiger partial charge on any atom is 0.331 e. The van der Waals surface area contributed by atoms with Gasteiger partial charge in [-0.3, -0.25) is 23.5 Å². The van der Waals surface area contributed by atoms with Gasteiger partial charge in [-0.1, -0.05) is 6.07 Å². The number of likely N-dealkylation sites (tertiary alicyclic amines) is 1. The lowest BCUT2D eigenvalue weighted by Crippen LogP contribution is -2.50. The number of fused-ring (bicyclic) bond motifs is 1. The van der Waals surface area contributed by atoms with Gasteiger partial charge in [0.15, 0.2) is 0 Å². The largest absolute Gasteiger partial charge is 0.348 e. The summed E-state index contributed by atoms with van der Waals surface area (Å²) in [6.45, 7) is 5.06. The third-order valence-corrected chi connectivity index (χ3v) is 7.89. The number of benzene rings is 2. The van der Waals surface area contributed by atoms with Gasteiger partial charge in [0.25, 0.3) is 11.5 Å². The summed E-state index contributed by atoms with van der Waals surface area (Å²) in [6.07, 6.45) is 3.44. The standard InChI is InChI=1S/C30H35ClN6O5/c1-18(2)37-25-11-10-22(14-24(25)28(40)36(30(37)42)16-19-8-9-19)34-29(41)35-12-4-7-23(17-35)33-27(39)20-5-3-6-21(13-20)32-26(38)15-31/h3,5-6,10-11,13-14,18-19,23H,4,7-9,12,15-17H2,1-2H3,(H,32,38)(H,33,39)(H,34,41)/t23-/m1/s1. The predicted molar refractivity (Wildman–Crippen MR) is 162 cm³/mol. The highest BCUT2D eigenvalue weighted by Crippen LogP contribution is 2.30. The molecule has 222 valence electrons. The predicted octanol–water partition coefficient (Wildman–Crippen LogP) is 3.76. The van der Waals surface area contributed by atoms with Crippen LogP contribution in [0.1, 0.15) is 55.9 Å². The average molecular weight is 595 g/mol. The van der Waals surface area contributed by atoms with Gasteiger partial charge in [0.05, 0.1) is 10.9 Å². The van der Waals surface area contributed by atoms with Gasteiger partial charge in [0.2, 0.25) is 5.91 Å². The molecule has 3 aromatic rings. The van der Waals surface area contributed by atoms with Crippen LogP contribution >= 0.6 is 11.6 Å². The Morgan fingerprint density at radius 1 is 1.00 bits per heavy atom. The zero-order valence-corrected chi connectivity index (χ0v) is 24.4. The Hall–Kier alpha value is -4.12. The third-order valence-electron chi connectivity index (χ3n) is 7.65. The molecule has 4 amide bonds. The molecule has 2 fully saturated rings. The number of amides is 4. The molecular weight excluding hydrogens is 560 g/mol. The summed E-state index contributed by atoms with van der Waals surface area (Å²) in [5, 5.41) is 8.88. The Morgan fingerprint density at radius 2 is 1.76 bits per heavy atom. The first-order chi connectivity index (χ1) is 20.1. The van der Waals surface area contributed by atoms with Gasteiger partial charge in [0, 0.05) is 48.7 Å². The van der Waals surface area contributed by atoms with Crippen LogP contribution in [0.5, 0.6) is 0 Å². The molecule has 1 atom stereocenters. The van der Waals surface area contributed by atoms with Crippen molar-refractivity contribution in [1.29, 1.82) is 0 Å². The van der Waals surface area contributed by atoms with E-state index in [2.05, 4.69) is 16.0 Å². The quantitative estimate of drug-likeness (QED) is 0.341. The van der Waals surface area contributed by atoms with Crippen LogP contribution in [0.2, 0.25) is 0 Å². The van der Waals surface area contributed by atoms with Crippen molar-refractivity contribution in [3.05, 3.63) is 68.9 Å². The van der Waals surface area contributed by atoms with Crippen LogP contribution in [0.15, 0.2) is 52.1 Å². The molecule has 2 aromatic carbocycles. The van der Waals surface area contributed by atoms with E-state index >= 15 is 0 Å². The van der Waals surface area contributed by atoms with Gasteiger partial charge < -0.3 is 20.9 Å². The zero-order valence-electron chi connectivity index (χ0n) is 23.7. The zero-order chi connectivity index (χ0) is 30.0. The van der Waals surface area contributed by atoms with Gasteiger partial charge in [-0.2, -0.15) is 0 Å². The smallest absolute Gasteiger partial charge is 0.331 e. The minimum Gasteiger partial charge on any atom is -0.348 e. The molecule has 0 radical (unpaired) electrons. The fourth-order valence-electron chi connectivity index (χ4n) is 5.36. The minimum atomic E-state index is -0.368. The van der Waals surface area contributed by atoms with Gasteiger partial charge >= 0.3 is 11.7 Å². The van der Waals surface area contributed by atoms with Gasteiger partial charge in [-0.25, -0.2) is 9.59 Å². The minimum absolute atomic E-state index is 0.140. The Labute approximate surface area is 247 Å². The first-order valence-electron chi connectivity index (χ1n) is 14.3. The lowest BCUT2D eigenvalue weighted by molar-refractivity contribution is -0.113. The number of nitrogens with one attached hydrogen (secondary N) is 3. The average Bonchev–Trinajstić information content (AvgIpc) is 3.80. The maximum absolute atomic E-state index is 13.3. The summed E-state index contributed by atoms with van der Waals surface area (Å²) in [5.74, 6) is -0.512. The van der Waals surface area contributed by atoms with E-state index in [9.17, 15) is 24.0 Å². The second-order valence-electron chi connectivity index (χ2n) is 11.3. The molecule has 1 aliphatic carbocycles. The molecule has 0 spiro atoms. The normalized spacial score (nSPS) is 16.9. The summed E-state index contributed by atoms with van der Waals surface area (Å²) in [4.78, 5) is 65.8. The number of hydrogen-bond donors (Lipinski definition) is 3. The molecule has 42 heavy (non-hydrogen) atoms. The number of rotatable bonds is 8. The number of halogens is 1. The fraction of sp³-hybridized carbons (Fsp3) is 0.433. The van der Waals surface area contributed by atoms with Crippen LogP contribution in [0.4, 0.5) is 16.2 Å². The highest BCUT2D eigenvalue weighted by molar-refractivity contribution is 6.29. The second-order valence-corrected chi connectivity index (χ2v) is 11.6. The molecule has 0 unspecified atom stereocenters. The number of carbonyl (C=O) groups excluding carboxylic acids is 3. The summed E-state index contributed by atoms with van der Waals surface area (Å²) >= 11 is 5.55. The number of urea groups is 1. The number of piperidine rings is 1. The molecule has 1 saturated heterocycles. The maximum atomic E-state index is 13.3. The van der Waals surface area contributed by atoms with E-state index in [0.29, 0.717) is 66.2 Å². The van der Waals surface area contributed by atoms with Gasteiger partial charge in [-0.15, -0.1) is 11.6 Å². The van der Waals surface area contributed by atoms with Crippen molar-refractivity contribution in [2.24, 2.45) is 5.92 Å². The first kappa shape index (κ1) is 29.4. The molecule has 5 rings (SSSR count). The molecule has 3 N–H and O–H groups in total. The van der Waals surface area contributed by atoms with E-state index in [1.54, 1.807) is 51.9 Å². The van der Waals surface area contributed by atoms with Crippen LogP contribution in [-0.2, 0) is 11.3 Å². The molecule has 1 aromatic heterocycles. The third kappa shape index (κ3) is 6.51. The summed E-state index contributed by atoms with van der Waals surface area (Å²) in [6, 6.07) is 10.9. The van der Waals surface area contributed by atoms with Crippen molar-refractivity contribution < 1.29 is 14.4 Å². The Bertz CT molecular complexity index is 1640. The summed E-state index contributed by atoms with van der Waals surface area (Å²) in [5.41, 5.74) is 1.20. The van der Waals surface area contributed by atoms with Crippen LogP contribution < -0.4 is 27.2 Å². The molecular formula is C30H35ClN6O5. The van der Waals surface area contributed by atoms with E-state index < -0.39 is 0 Å². The van der Waals surface area contributed by atoms with Crippen molar-refractivity contribution >= 4 is 51.7 Å². The fourth-order valence-corrected chi connectivity index (χ4v) is 5.43. The number of carbonyl (C=O) groups is 3. The highest BCUT2D eigenvalue weighted by Gasteiger charge is 2.27. The second kappa shape index (κ2) is 12.4. The highest BCUT2D eigenvalue weighted by atomic mass is 35.5. The number of hydrogen-bond acceptors (Lipinski definition) is 5. The van der Waals surface area contributed by atoms with E-state index in [1.807, 2.05) is 13.8 Å².